The SMILES string of the molecule is CS(=O)(=O)N1CCC(n2ncc3c(-c4cccc(O)c4)nc(N4CCOCC4)nc32)C1. The zero-order valence-corrected chi connectivity index (χ0v) is 18.0. The van der Waals surface area contributed by atoms with Crippen LogP contribution >= 0.6 is 0 Å². The van der Waals surface area contributed by atoms with Crippen molar-refractivity contribution in [3.8, 4) is 17.0 Å². The van der Waals surface area contributed by atoms with E-state index in [9.17, 15) is 13.5 Å². The van der Waals surface area contributed by atoms with Gasteiger partial charge in [-0.2, -0.15) is 14.4 Å². The number of hydrogen-bond donors (Lipinski definition) is 1. The van der Waals surface area contributed by atoms with Crippen molar-refractivity contribution in [2.75, 3.05) is 50.5 Å². The van der Waals surface area contributed by atoms with Gasteiger partial charge in [-0.25, -0.2) is 18.1 Å². The second kappa shape index (κ2) is 7.74. The fraction of sp³-hybridized carbons (Fsp3) is 0.450. The second-order valence-electron chi connectivity index (χ2n) is 7.91. The molecule has 2 aliphatic rings. The Kier molecular flexibility index (Phi) is 5.03. The highest BCUT2D eigenvalue weighted by molar-refractivity contribution is 7.88. The number of phenols is 1. The molecule has 31 heavy (non-hydrogen) atoms. The third-order valence-electron chi connectivity index (χ3n) is 5.80. The number of sulfonamides is 1. The van der Waals surface area contributed by atoms with Gasteiger partial charge in [0.15, 0.2) is 5.65 Å². The molecule has 0 amide bonds. The van der Waals surface area contributed by atoms with Gasteiger partial charge in [0.05, 0.1) is 42.8 Å². The Balaban J connectivity index is 1.63. The molecule has 0 spiro atoms. The number of phenolic OH excluding ortho intramolecular Hbond substituents is 1. The van der Waals surface area contributed by atoms with Crippen molar-refractivity contribution in [3.05, 3.63) is 30.5 Å². The van der Waals surface area contributed by atoms with Crippen molar-refractivity contribution in [2.45, 2.75) is 12.5 Å². The molecule has 2 aliphatic heterocycles. The van der Waals surface area contributed by atoms with Crippen LogP contribution < -0.4 is 4.90 Å². The molecule has 0 bridgehead atoms. The van der Waals surface area contributed by atoms with Crippen LogP contribution in [0.15, 0.2) is 30.5 Å². The van der Waals surface area contributed by atoms with Gasteiger partial charge in [-0.1, -0.05) is 12.1 Å². The minimum absolute atomic E-state index is 0.100. The highest BCUT2D eigenvalue weighted by Crippen LogP contribution is 2.33. The first-order valence-electron chi connectivity index (χ1n) is 10.2. The van der Waals surface area contributed by atoms with Gasteiger partial charge in [0.1, 0.15) is 5.75 Å². The molecule has 0 saturated carbocycles. The average molecular weight is 445 g/mol. The lowest BCUT2D eigenvalue weighted by molar-refractivity contribution is 0.122. The van der Waals surface area contributed by atoms with Gasteiger partial charge in [0, 0.05) is 31.7 Å². The number of morpholine rings is 1. The van der Waals surface area contributed by atoms with Gasteiger partial charge in [-0.15, -0.1) is 0 Å². The van der Waals surface area contributed by atoms with E-state index in [2.05, 4.69) is 10.00 Å². The maximum atomic E-state index is 12.0. The number of rotatable bonds is 4. The Morgan fingerprint density at radius 3 is 2.68 bits per heavy atom. The molecule has 2 saturated heterocycles. The lowest BCUT2D eigenvalue weighted by Crippen LogP contribution is -2.37. The van der Waals surface area contributed by atoms with Gasteiger partial charge < -0.3 is 14.7 Å². The highest BCUT2D eigenvalue weighted by Gasteiger charge is 2.32. The molecule has 11 heteroatoms. The van der Waals surface area contributed by atoms with Crippen LogP contribution in [0.25, 0.3) is 22.3 Å². The molecule has 10 nitrogen and oxygen atoms in total. The Morgan fingerprint density at radius 2 is 1.97 bits per heavy atom. The summed E-state index contributed by atoms with van der Waals surface area (Å²) in [7, 11) is -3.25. The number of ether oxygens (including phenoxy) is 1. The van der Waals surface area contributed by atoms with Gasteiger partial charge >= 0.3 is 0 Å². The van der Waals surface area contributed by atoms with Crippen molar-refractivity contribution in [2.24, 2.45) is 0 Å². The predicted molar refractivity (Wildman–Crippen MR) is 116 cm³/mol. The average Bonchev–Trinajstić information content (AvgIpc) is 3.40. The summed E-state index contributed by atoms with van der Waals surface area (Å²) in [5, 5.41) is 15.3. The van der Waals surface area contributed by atoms with E-state index >= 15 is 0 Å². The van der Waals surface area contributed by atoms with Crippen molar-refractivity contribution >= 4 is 27.0 Å². The summed E-state index contributed by atoms with van der Waals surface area (Å²) >= 11 is 0. The first kappa shape index (κ1) is 20.2. The number of anilines is 1. The minimum Gasteiger partial charge on any atom is -0.508 e. The molecule has 164 valence electrons. The van der Waals surface area contributed by atoms with E-state index in [1.165, 1.54) is 10.6 Å². The summed E-state index contributed by atoms with van der Waals surface area (Å²) in [6, 6.07) is 6.86. The molecule has 1 atom stereocenters. The Hall–Kier alpha value is -2.76. The first-order chi connectivity index (χ1) is 14.9. The van der Waals surface area contributed by atoms with E-state index in [0.29, 0.717) is 63.1 Å². The van der Waals surface area contributed by atoms with Crippen LogP contribution in [0.4, 0.5) is 5.95 Å². The van der Waals surface area contributed by atoms with Crippen LogP contribution in [0.1, 0.15) is 12.5 Å². The monoisotopic (exact) mass is 444 g/mol. The van der Waals surface area contributed by atoms with Gasteiger partial charge in [-0.05, 0) is 18.6 Å². The first-order valence-corrected chi connectivity index (χ1v) is 12.1. The lowest BCUT2D eigenvalue weighted by Gasteiger charge is -2.27. The summed E-state index contributed by atoms with van der Waals surface area (Å²) in [6.07, 6.45) is 3.62. The van der Waals surface area contributed by atoms with Crippen molar-refractivity contribution < 1.29 is 18.3 Å². The third kappa shape index (κ3) is 3.84. The number of fused-ring (bicyclic) bond motifs is 1. The normalized spacial score (nSPS) is 20.5. The molecule has 2 aromatic heterocycles. The number of aromatic nitrogens is 4. The molecule has 4 heterocycles. The number of aromatic hydroxyl groups is 1. The molecule has 2 fully saturated rings. The van der Waals surface area contributed by atoms with Gasteiger partial charge in [0.2, 0.25) is 16.0 Å². The van der Waals surface area contributed by atoms with Crippen LogP contribution in [0.2, 0.25) is 0 Å². The van der Waals surface area contributed by atoms with Crippen molar-refractivity contribution in [3.63, 3.8) is 0 Å². The molecule has 0 aliphatic carbocycles. The molecular weight excluding hydrogens is 420 g/mol. The van der Waals surface area contributed by atoms with E-state index in [0.717, 1.165) is 10.9 Å². The fourth-order valence-corrected chi connectivity index (χ4v) is 5.05. The third-order valence-corrected chi connectivity index (χ3v) is 7.07. The molecule has 0 radical (unpaired) electrons. The van der Waals surface area contributed by atoms with Crippen molar-refractivity contribution in [1.29, 1.82) is 0 Å². The van der Waals surface area contributed by atoms with E-state index in [4.69, 9.17) is 14.7 Å². The molecular formula is C20H24N6O4S. The molecule has 1 aromatic carbocycles. The quantitative estimate of drug-likeness (QED) is 0.639. The highest BCUT2D eigenvalue weighted by atomic mass is 32.2. The van der Waals surface area contributed by atoms with E-state index in [1.54, 1.807) is 24.4 Å². The smallest absolute Gasteiger partial charge is 0.228 e. The van der Waals surface area contributed by atoms with E-state index in [-0.39, 0.29) is 11.8 Å². The fourth-order valence-electron chi connectivity index (χ4n) is 4.17. The Bertz CT molecular complexity index is 1220. The summed E-state index contributed by atoms with van der Waals surface area (Å²) < 4.78 is 32.7. The molecule has 1 unspecified atom stereocenters. The second-order valence-corrected chi connectivity index (χ2v) is 9.89. The van der Waals surface area contributed by atoms with E-state index < -0.39 is 10.0 Å². The summed E-state index contributed by atoms with van der Waals surface area (Å²) in [6.45, 7) is 3.41. The van der Waals surface area contributed by atoms with Crippen LogP contribution in [-0.4, -0.2) is 83.2 Å². The molecule has 3 aromatic rings. The van der Waals surface area contributed by atoms with Crippen LogP contribution in [0, 0.1) is 0 Å². The minimum atomic E-state index is -3.25. The summed E-state index contributed by atoms with van der Waals surface area (Å²) in [5.74, 6) is 0.734. The van der Waals surface area contributed by atoms with Crippen LogP contribution in [0.3, 0.4) is 0 Å². The van der Waals surface area contributed by atoms with Gasteiger partial charge in [0.25, 0.3) is 0 Å². The van der Waals surface area contributed by atoms with Gasteiger partial charge in [-0.3, -0.25) is 0 Å². The summed E-state index contributed by atoms with van der Waals surface area (Å²) in [4.78, 5) is 11.7. The largest absolute Gasteiger partial charge is 0.508 e. The predicted octanol–water partition coefficient (Wildman–Crippen LogP) is 1.24. The molecule has 1 N–H and O–H groups in total. The topological polar surface area (TPSA) is 114 Å². The standard InChI is InChI=1S/C20H24N6O4S/c1-31(28,29)25-6-5-15(13-25)26-19-17(12-21-26)18(14-3-2-4-16(27)11-14)22-20(23-19)24-7-9-30-10-8-24/h2-4,11-12,15,27H,5-10,13H2,1H3. The van der Waals surface area contributed by atoms with E-state index in [1.807, 2.05) is 10.7 Å². The zero-order valence-electron chi connectivity index (χ0n) is 17.2. The number of nitrogens with zero attached hydrogens (tertiary/aromatic N) is 6. The Labute approximate surface area is 180 Å². The number of benzene rings is 1. The van der Waals surface area contributed by atoms with Crippen molar-refractivity contribution in [1.82, 2.24) is 24.1 Å². The lowest BCUT2D eigenvalue weighted by atomic mass is 10.1. The number of hydrogen-bond acceptors (Lipinski definition) is 8. The zero-order chi connectivity index (χ0) is 21.6. The maximum absolute atomic E-state index is 12.0. The summed E-state index contributed by atoms with van der Waals surface area (Å²) in [5.41, 5.74) is 2.12. The molecule has 5 rings (SSSR count). The Morgan fingerprint density at radius 1 is 1.16 bits per heavy atom. The maximum Gasteiger partial charge on any atom is 0.228 e. The van der Waals surface area contributed by atoms with Crippen LogP contribution in [-0.2, 0) is 14.8 Å². The van der Waals surface area contributed by atoms with Crippen LogP contribution in [0.5, 0.6) is 5.75 Å².